The Morgan fingerprint density at radius 2 is 2.10 bits per heavy atom. The summed E-state index contributed by atoms with van der Waals surface area (Å²) in [6.45, 7) is 0. The summed E-state index contributed by atoms with van der Waals surface area (Å²) in [5.74, 6) is 0. The molecule has 0 saturated carbocycles. The van der Waals surface area contributed by atoms with Gasteiger partial charge in [0.1, 0.15) is 6.10 Å². The van der Waals surface area contributed by atoms with Crippen molar-refractivity contribution in [3.63, 3.8) is 0 Å². The van der Waals surface area contributed by atoms with Crippen molar-refractivity contribution in [3.8, 4) is 0 Å². The molecule has 2 heterocycles. The zero-order valence-electron chi connectivity index (χ0n) is 11.0. The van der Waals surface area contributed by atoms with Crippen LogP contribution in [0.4, 0.5) is 0 Å². The van der Waals surface area contributed by atoms with Crippen LogP contribution < -0.4 is 0 Å². The molecule has 1 N–H and O–H groups in total. The smallest absolute Gasteiger partial charge is 0.114 e. The Bertz CT molecular complexity index is 751. The van der Waals surface area contributed by atoms with Gasteiger partial charge in [-0.05, 0) is 48.6 Å². The first kappa shape index (κ1) is 12.1. The minimum absolute atomic E-state index is 0.543. The Balaban J connectivity index is 1.81. The number of aromatic nitrogens is 1. The van der Waals surface area contributed by atoms with Crippen LogP contribution in [0, 0.1) is 0 Å². The van der Waals surface area contributed by atoms with Crippen LogP contribution in [0.3, 0.4) is 0 Å². The third kappa shape index (κ3) is 1.86. The number of hydrogen-bond acceptors (Lipinski definition) is 3. The van der Waals surface area contributed by atoms with Crippen molar-refractivity contribution in [3.05, 3.63) is 63.5 Å². The number of aryl methyl sites for hydroxylation is 2. The van der Waals surface area contributed by atoms with Gasteiger partial charge in [-0.25, -0.2) is 0 Å². The maximum atomic E-state index is 10.7. The zero-order valence-corrected chi connectivity index (χ0v) is 11.9. The lowest BCUT2D eigenvalue weighted by molar-refractivity contribution is 0.225. The van der Waals surface area contributed by atoms with Crippen molar-refractivity contribution in [2.75, 3.05) is 0 Å². The van der Waals surface area contributed by atoms with Crippen LogP contribution >= 0.6 is 11.3 Å². The van der Waals surface area contributed by atoms with Gasteiger partial charge in [0.25, 0.3) is 0 Å². The molecule has 20 heavy (non-hydrogen) atoms. The Labute approximate surface area is 121 Å². The van der Waals surface area contributed by atoms with Gasteiger partial charge < -0.3 is 5.11 Å². The van der Waals surface area contributed by atoms with E-state index in [0.717, 1.165) is 27.8 Å². The molecule has 1 atom stereocenters. The van der Waals surface area contributed by atoms with Crippen molar-refractivity contribution < 1.29 is 5.11 Å². The van der Waals surface area contributed by atoms with Gasteiger partial charge >= 0.3 is 0 Å². The minimum Gasteiger partial charge on any atom is -0.383 e. The lowest BCUT2D eigenvalue weighted by Gasteiger charge is -2.12. The first-order chi connectivity index (χ1) is 9.83. The molecule has 0 bridgehead atoms. The van der Waals surface area contributed by atoms with Gasteiger partial charge in [-0.2, -0.15) is 0 Å². The first-order valence-corrected chi connectivity index (χ1v) is 7.78. The molecular formula is C17H15NOS. The summed E-state index contributed by atoms with van der Waals surface area (Å²) in [4.78, 5) is 6.88. The molecule has 0 fully saturated rings. The van der Waals surface area contributed by atoms with Crippen molar-refractivity contribution in [2.24, 2.45) is 0 Å². The van der Waals surface area contributed by atoms with Crippen molar-refractivity contribution in [1.29, 1.82) is 0 Å². The van der Waals surface area contributed by atoms with Gasteiger partial charge in [0.15, 0.2) is 0 Å². The van der Waals surface area contributed by atoms with Crippen LogP contribution in [0.25, 0.3) is 10.9 Å². The van der Waals surface area contributed by atoms with Crippen LogP contribution in [-0.2, 0) is 12.8 Å². The number of rotatable bonds is 2. The maximum Gasteiger partial charge on any atom is 0.114 e. The SMILES string of the molecule is OC(c1cc2c(s1)CCC2)c1cccc2ncccc12. The van der Waals surface area contributed by atoms with Crippen LogP contribution in [0.2, 0.25) is 0 Å². The van der Waals surface area contributed by atoms with Gasteiger partial charge in [-0.1, -0.05) is 18.2 Å². The number of aliphatic hydroxyl groups excluding tert-OH is 1. The number of nitrogens with zero attached hydrogens (tertiary/aromatic N) is 1. The maximum absolute atomic E-state index is 10.7. The number of fused-ring (bicyclic) bond motifs is 2. The second-order valence-electron chi connectivity index (χ2n) is 5.27. The fraction of sp³-hybridized carbons (Fsp3) is 0.235. The summed E-state index contributed by atoms with van der Waals surface area (Å²) in [5, 5.41) is 11.8. The van der Waals surface area contributed by atoms with E-state index in [9.17, 15) is 5.11 Å². The van der Waals surface area contributed by atoms with E-state index in [1.807, 2.05) is 30.3 Å². The predicted octanol–water partition coefficient (Wildman–Crippen LogP) is 3.87. The second kappa shape index (κ2) is 4.69. The molecule has 1 aliphatic carbocycles. The highest BCUT2D eigenvalue weighted by atomic mass is 32.1. The highest BCUT2D eigenvalue weighted by Gasteiger charge is 2.21. The summed E-state index contributed by atoms with van der Waals surface area (Å²) >= 11 is 1.76. The quantitative estimate of drug-likeness (QED) is 0.773. The Morgan fingerprint density at radius 3 is 3.00 bits per heavy atom. The molecule has 3 heteroatoms. The van der Waals surface area contributed by atoms with E-state index in [-0.39, 0.29) is 0 Å². The van der Waals surface area contributed by atoms with Gasteiger partial charge in [-0.15, -0.1) is 11.3 Å². The Hall–Kier alpha value is -1.71. The van der Waals surface area contributed by atoms with Crippen molar-refractivity contribution in [2.45, 2.75) is 25.4 Å². The van der Waals surface area contributed by atoms with E-state index >= 15 is 0 Å². The van der Waals surface area contributed by atoms with E-state index in [1.165, 1.54) is 23.3 Å². The monoisotopic (exact) mass is 281 g/mol. The van der Waals surface area contributed by atoms with Gasteiger partial charge in [-0.3, -0.25) is 4.98 Å². The topological polar surface area (TPSA) is 33.1 Å². The molecule has 1 unspecified atom stereocenters. The van der Waals surface area contributed by atoms with E-state index in [0.29, 0.717) is 0 Å². The minimum atomic E-state index is -0.543. The van der Waals surface area contributed by atoms with Crippen molar-refractivity contribution in [1.82, 2.24) is 4.98 Å². The van der Waals surface area contributed by atoms with Crippen molar-refractivity contribution >= 4 is 22.2 Å². The Morgan fingerprint density at radius 1 is 1.15 bits per heavy atom. The number of thiophene rings is 1. The molecule has 0 amide bonds. The normalized spacial score (nSPS) is 15.4. The first-order valence-electron chi connectivity index (χ1n) is 6.96. The van der Waals surface area contributed by atoms with Crippen LogP contribution in [0.15, 0.2) is 42.6 Å². The number of benzene rings is 1. The fourth-order valence-corrected chi connectivity index (χ4v) is 4.27. The molecule has 4 rings (SSSR count). The van der Waals surface area contributed by atoms with E-state index in [1.54, 1.807) is 17.5 Å². The highest BCUT2D eigenvalue weighted by molar-refractivity contribution is 7.12. The molecule has 3 aromatic rings. The number of pyridine rings is 1. The predicted molar refractivity (Wildman–Crippen MR) is 82.1 cm³/mol. The summed E-state index contributed by atoms with van der Waals surface area (Å²) in [7, 11) is 0. The largest absolute Gasteiger partial charge is 0.383 e. The average Bonchev–Trinajstić information content (AvgIpc) is 3.07. The van der Waals surface area contributed by atoms with Gasteiger partial charge in [0.05, 0.1) is 5.52 Å². The van der Waals surface area contributed by atoms with E-state index in [4.69, 9.17) is 0 Å². The number of aliphatic hydroxyl groups is 1. The summed E-state index contributed by atoms with van der Waals surface area (Å²) < 4.78 is 0. The third-order valence-corrected chi connectivity index (χ3v) is 5.30. The second-order valence-corrected chi connectivity index (χ2v) is 6.44. The lowest BCUT2D eigenvalue weighted by Crippen LogP contribution is -1.98. The molecule has 0 saturated heterocycles. The molecule has 2 nitrogen and oxygen atoms in total. The van der Waals surface area contributed by atoms with Gasteiger partial charge in [0.2, 0.25) is 0 Å². The molecule has 2 aromatic heterocycles. The van der Waals surface area contributed by atoms with Crippen LogP contribution in [-0.4, -0.2) is 10.1 Å². The average molecular weight is 281 g/mol. The van der Waals surface area contributed by atoms with Gasteiger partial charge in [0, 0.05) is 21.3 Å². The molecule has 100 valence electrons. The lowest BCUT2D eigenvalue weighted by atomic mass is 10.0. The van der Waals surface area contributed by atoms with E-state index in [2.05, 4.69) is 11.1 Å². The van der Waals surface area contributed by atoms with Crippen LogP contribution in [0.1, 0.15) is 33.4 Å². The van der Waals surface area contributed by atoms with Crippen LogP contribution in [0.5, 0.6) is 0 Å². The molecule has 1 aromatic carbocycles. The Kier molecular flexibility index (Phi) is 2.83. The standard InChI is InChI=1S/C17H15NOS/c19-17(16-10-11-4-1-8-15(11)20-16)13-5-2-7-14-12(13)6-3-9-18-14/h2-3,5-7,9-10,17,19H,1,4,8H2. The third-order valence-electron chi connectivity index (χ3n) is 4.01. The number of hydrogen-bond donors (Lipinski definition) is 1. The molecule has 0 spiro atoms. The summed E-state index contributed by atoms with van der Waals surface area (Å²) in [6, 6.07) is 12.1. The molecule has 0 radical (unpaired) electrons. The summed E-state index contributed by atoms with van der Waals surface area (Å²) in [6.07, 6.45) is 4.84. The summed E-state index contributed by atoms with van der Waals surface area (Å²) in [5.41, 5.74) is 3.33. The zero-order chi connectivity index (χ0) is 13.5. The van der Waals surface area contributed by atoms with E-state index < -0.39 is 6.10 Å². The highest BCUT2D eigenvalue weighted by Crippen LogP contribution is 2.37. The molecular weight excluding hydrogens is 266 g/mol. The fourth-order valence-electron chi connectivity index (χ4n) is 3.01. The molecule has 1 aliphatic rings. The molecule has 0 aliphatic heterocycles.